The Morgan fingerprint density at radius 2 is 1.79 bits per heavy atom. The molecule has 0 saturated heterocycles. The van der Waals surface area contributed by atoms with Crippen molar-refractivity contribution in [1.29, 1.82) is 0 Å². The molecule has 1 atom stereocenters. The van der Waals surface area contributed by atoms with Gasteiger partial charge in [0.25, 0.3) is 0 Å². The summed E-state index contributed by atoms with van der Waals surface area (Å²) in [6.45, 7) is -0.164. The number of phenolic OH excluding ortho intramolecular Hbond substituents is 1. The van der Waals surface area contributed by atoms with Crippen LogP contribution in [0, 0.1) is 0 Å². The number of para-hydroxylation sites is 2. The van der Waals surface area contributed by atoms with Gasteiger partial charge < -0.3 is 15.2 Å². The van der Waals surface area contributed by atoms with E-state index in [9.17, 15) is 14.7 Å². The summed E-state index contributed by atoms with van der Waals surface area (Å²) in [6.07, 6.45) is 6.57. The molecule has 42 heavy (non-hydrogen) atoms. The van der Waals surface area contributed by atoms with Crippen molar-refractivity contribution in [3.05, 3.63) is 84.6 Å². The molecule has 10 nitrogen and oxygen atoms in total. The van der Waals surface area contributed by atoms with Crippen molar-refractivity contribution in [2.75, 3.05) is 12.0 Å². The molecule has 0 radical (unpaired) electrons. The van der Waals surface area contributed by atoms with E-state index in [1.54, 1.807) is 18.3 Å². The lowest BCUT2D eigenvalue weighted by atomic mass is 9.94. The van der Waals surface area contributed by atoms with Crippen LogP contribution in [0.1, 0.15) is 43.7 Å². The number of carbonyl (C=O) groups is 2. The molecule has 1 aliphatic rings. The van der Waals surface area contributed by atoms with Gasteiger partial charge in [0.15, 0.2) is 11.5 Å². The SMILES string of the molecule is COc1ccc([C@@H](C(=O)NC2CCCCC2)N(C(=O)Cn2nnc3ccccc32)c2cnc3ccccc3c2)cc1O. The summed E-state index contributed by atoms with van der Waals surface area (Å²) in [5.41, 5.74) is 3.01. The Hall–Kier alpha value is -4.99. The fraction of sp³-hybridized carbons (Fsp3) is 0.281. The van der Waals surface area contributed by atoms with E-state index in [2.05, 4.69) is 20.6 Å². The first-order chi connectivity index (χ1) is 20.5. The number of pyridine rings is 1. The number of hydrogen-bond donors (Lipinski definition) is 2. The Bertz CT molecular complexity index is 1750. The molecule has 5 aromatic rings. The van der Waals surface area contributed by atoms with E-state index in [1.807, 2.05) is 54.6 Å². The lowest BCUT2D eigenvalue weighted by Crippen LogP contribution is -2.48. The summed E-state index contributed by atoms with van der Waals surface area (Å²) < 4.78 is 6.78. The molecule has 2 aromatic heterocycles. The summed E-state index contributed by atoms with van der Waals surface area (Å²) >= 11 is 0. The molecule has 0 unspecified atom stereocenters. The van der Waals surface area contributed by atoms with Gasteiger partial charge in [-0.3, -0.25) is 19.5 Å². The molecule has 2 N–H and O–H groups in total. The Morgan fingerprint density at radius 1 is 1.02 bits per heavy atom. The fourth-order valence-corrected chi connectivity index (χ4v) is 5.69. The number of anilines is 1. The van der Waals surface area contributed by atoms with Gasteiger partial charge in [-0.05, 0) is 54.8 Å². The molecule has 1 saturated carbocycles. The molecular formula is C32H32N6O4. The van der Waals surface area contributed by atoms with E-state index < -0.39 is 6.04 Å². The van der Waals surface area contributed by atoms with Crippen molar-refractivity contribution in [3.63, 3.8) is 0 Å². The van der Waals surface area contributed by atoms with Crippen LogP contribution in [0.15, 0.2) is 79.0 Å². The van der Waals surface area contributed by atoms with Crippen LogP contribution >= 0.6 is 0 Å². The van der Waals surface area contributed by atoms with Crippen LogP contribution in [0.2, 0.25) is 0 Å². The lowest BCUT2D eigenvalue weighted by Gasteiger charge is -2.33. The second-order valence-electron chi connectivity index (χ2n) is 10.6. The van der Waals surface area contributed by atoms with Crippen LogP contribution in [0.25, 0.3) is 21.9 Å². The van der Waals surface area contributed by atoms with Crippen LogP contribution < -0.4 is 15.0 Å². The topological polar surface area (TPSA) is 122 Å². The lowest BCUT2D eigenvalue weighted by molar-refractivity contribution is -0.127. The van der Waals surface area contributed by atoms with E-state index in [-0.39, 0.29) is 35.9 Å². The van der Waals surface area contributed by atoms with Crippen molar-refractivity contribution in [3.8, 4) is 11.5 Å². The van der Waals surface area contributed by atoms with Gasteiger partial charge in [-0.25, -0.2) is 4.68 Å². The second-order valence-corrected chi connectivity index (χ2v) is 10.6. The molecular weight excluding hydrogens is 532 g/mol. The predicted octanol–water partition coefficient (Wildman–Crippen LogP) is 4.92. The molecule has 1 fully saturated rings. The van der Waals surface area contributed by atoms with Crippen molar-refractivity contribution in [2.45, 2.75) is 50.7 Å². The zero-order valence-electron chi connectivity index (χ0n) is 23.3. The maximum Gasteiger partial charge on any atom is 0.249 e. The first-order valence-electron chi connectivity index (χ1n) is 14.1. The number of benzene rings is 3. The van der Waals surface area contributed by atoms with Crippen molar-refractivity contribution in [1.82, 2.24) is 25.3 Å². The molecule has 0 bridgehead atoms. The van der Waals surface area contributed by atoms with Crippen LogP contribution in [0.5, 0.6) is 11.5 Å². The van der Waals surface area contributed by atoms with Gasteiger partial charge in [0, 0.05) is 11.4 Å². The van der Waals surface area contributed by atoms with Gasteiger partial charge in [0.2, 0.25) is 11.8 Å². The number of carbonyl (C=O) groups excluding carboxylic acids is 2. The molecule has 2 heterocycles. The molecule has 3 aromatic carbocycles. The first-order valence-corrected chi connectivity index (χ1v) is 14.1. The number of aromatic nitrogens is 4. The molecule has 10 heteroatoms. The Balaban J connectivity index is 1.47. The summed E-state index contributed by atoms with van der Waals surface area (Å²) in [6, 6.07) is 20.5. The number of nitrogens with zero attached hydrogens (tertiary/aromatic N) is 5. The quantitative estimate of drug-likeness (QED) is 0.274. The Kier molecular flexibility index (Phi) is 7.68. The average Bonchev–Trinajstić information content (AvgIpc) is 3.42. The number of methoxy groups -OCH3 is 1. The van der Waals surface area contributed by atoms with Crippen molar-refractivity contribution < 1.29 is 19.4 Å². The second kappa shape index (κ2) is 11.9. The van der Waals surface area contributed by atoms with E-state index in [0.29, 0.717) is 22.3 Å². The number of rotatable bonds is 8. The minimum Gasteiger partial charge on any atom is -0.504 e. The molecule has 0 spiro atoms. The van der Waals surface area contributed by atoms with E-state index in [0.717, 1.165) is 43.0 Å². The highest BCUT2D eigenvalue weighted by molar-refractivity contribution is 6.02. The minimum absolute atomic E-state index is 0.00605. The fourth-order valence-electron chi connectivity index (χ4n) is 5.69. The number of hydrogen-bond acceptors (Lipinski definition) is 7. The highest BCUT2D eigenvalue weighted by Gasteiger charge is 2.35. The number of nitrogens with one attached hydrogen (secondary N) is 1. The number of aromatic hydroxyl groups is 1. The summed E-state index contributed by atoms with van der Waals surface area (Å²) in [4.78, 5) is 34.6. The number of ether oxygens (including phenoxy) is 1. The van der Waals surface area contributed by atoms with Gasteiger partial charge in [0.1, 0.15) is 18.1 Å². The molecule has 1 aliphatic carbocycles. The zero-order valence-corrected chi connectivity index (χ0v) is 23.3. The van der Waals surface area contributed by atoms with Crippen LogP contribution in [0.3, 0.4) is 0 Å². The third kappa shape index (κ3) is 5.47. The van der Waals surface area contributed by atoms with Gasteiger partial charge in [0.05, 0.1) is 30.0 Å². The van der Waals surface area contributed by atoms with Gasteiger partial charge in [-0.2, -0.15) is 0 Å². The number of amides is 2. The monoisotopic (exact) mass is 564 g/mol. The first kappa shape index (κ1) is 27.2. The summed E-state index contributed by atoms with van der Waals surface area (Å²) in [5.74, 6) is -0.584. The maximum atomic E-state index is 14.4. The standard InChI is InChI=1S/C32H32N6O4/c1-42-29-16-15-22(18-28(29)39)31(32(41)34-23-10-3-2-4-11-23)38(24-17-21-9-5-6-12-25(21)33-19-24)30(40)20-37-27-14-8-7-13-26(27)35-36-37/h5-9,12-19,23,31,39H,2-4,10-11,20H2,1H3,(H,34,41)/t31-/m0/s1. The van der Waals surface area contributed by atoms with Crippen molar-refractivity contribution >= 4 is 39.4 Å². The largest absolute Gasteiger partial charge is 0.504 e. The average molecular weight is 565 g/mol. The zero-order chi connectivity index (χ0) is 29.1. The van der Waals surface area contributed by atoms with Gasteiger partial charge in [-0.15, -0.1) is 5.10 Å². The number of phenols is 1. The number of fused-ring (bicyclic) bond motifs is 2. The predicted molar refractivity (Wildman–Crippen MR) is 159 cm³/mol. The third-order valence-corrected chi connectivity index (χ3v) is 7.80. The van der Waals surface area contributed by atoms with E-state index >= 15 is 0 Å². The normalized spacial score (nSPS) is 14.5. The molecule has 6 rings (SSSR count). The minimum atomic E-state index is -1.10. The third-order valence-electron chi connectivity index (χ3n) is 7.80. The van der Waals surface area contributed by atoms with Gasteiger partial charge in [-0.1, -0.05) is 60.9 Å². The summed E-state index contributed by atoms with van der Waals surface area (Å²) in [5, 5.41) is 23.1. The maximum absolute atomic E-state index is 14.4. The van der Waals surface area contributed by atoms with Gasteiger partial charge >= 0.3 is 0 Å². The highest BCUT2D eigenvalue weighted by atomic mass is 16.5. The van der Waals surface area contributed by atoms with Crippen LogP contribution in [-0.2, 0) is 16.1 Å². The molecule has 0 aliphatic heterocycles. The summed E-state index contributed by atoms with van der Waals surface area (Å²) in [7, 11) is 1.46. The Labute approximate surface area is 242 Å². The van der Waals surface area contributed by atoms with Crippen molar-refractivity contribution in [2.24, 2.45) is 0 Å². The molecule has 2 amide bonds. The van der Waals surface area contributed by atoms with Crippen LogP contribution in [-0.4, -0.2) is 50.1 Å². The van der Waals surface area contributed by atoms with E-state index in [1.165, 1.54) is 22.8 Å². The Morgan fingerprint density at radius 3 is 2.57 bits per heavy atom. The van der Waals surface area contributed by atoms with Crippen LogP contribution in [0.4, 0.5) is 5.69 Å². The van der Waals surface area contributed by atoms with E-state index in [4.69, 9.17) is 4.74 Å². The molecule has 214 valence electrons. The highest BCUT2D eigenvalue weighted by Crippen LogP contribution is 2.35. The smallest absolute Gasteiger partial charge is 0.249 e.